The number of nitro groups is 1. The van der Waals surface area contributed by atoms with Gasteiger partial charge in [0, 0.05) is 42.0 Å². The molecule has 1 aliphatic heterocycles. The molecule has 0 saturated carbocycles. The van der Waals surface area contributed by atoms with Gasteiger partial charge in [-0.3, -0.25) is 24.6 Å². The van der Waals surface area contributed by atoms with Gasteiger partial charge in [-0.05, 0) is 55.0 Å². The molecule has 0 saturated heterocycles. The number of nitro benzene ring substituents is 1. The molecule has 3 aromatic rings. The maximum atomic E-state index is 13.7. The van der Waals surface area contributed by atoms with Crippen LogP contribution in [0.2, 0.25) is 0 Å². The van der Waals surface area contributed by atoms with E-state index in [1.165, 1.54) is 12.1 Å². The number of non-ortho nitro benzene ring substituents is 1. The van der Waals surface area contributed by atoms with Gasteiger partial charge in [0.1, 0.15) is 5.75 Å². The number of hydrogen-bond donors (Lipinski definition) is 0. The van der Waals surface area contributed by atoms with Gasteiger partial charge in [0.25, 0.3) is 11.6 Å². The number of benzene rings is 3. The number of carbonyl (C=O) groups excluding carboxylic acids is 2. The molecule has 178 valence electrons. The third kappa shape index (κ3) is 4.50. The highest BCUT2D eigenvalue weighted by molar-refractivity contribution is 6.10. The minimum Gasteiger partial charge on any atom is -0.497 e. The van der Waals surface area contributed by atoms with E-state index in [4.69, 9.17) is 4.74 Å². The molecule has 0 aromatic heterocycles. The number of anilines is 2. The number of rotatable bonds is 6. The Morgan fingerprint density at radius 1 is 1.09 bits per heavy atom. The van der Waals surface area contributed by atoms with E-state index in [2.05, 4.69) is 6.58 Å². The third-order valence-electron chi connectivity index (χ3n) is 6.10. The van der Waals surface area contributed by atoms with Gasteiger partial charge in [-0.1, -0.05) is 24.8 Å². The van der Waals surface area contributed by atoms with Crippen LogP contribution in [-0.4, -0.2) is 30.4 Å². The van der Waals surface area contributed by atoms with Gasteiger partial charge in [0.2, 0.25) is 5.91 Å². The zero-order valence-electron chi connectivity index (χ0n) is 19.5. The molecule has 8 nitrogen and oxygen atoms in total. The van der Waals surface area contributed by atoms with Crippen molar-refractivity contribution in [2.24, 2.45) is 0 Å². The summed E-state index contributed by atoms with van der Waals surface area (Å²) in [5, 5.41) is 11.0. The summed E-state index contributed by atoms with van der Waals surface area (Å²) in [6.45, 7) is 6.37. The molecule has 2 amide bonds. The van der Waals surface area contributed by atoms with E-state index in [9.17, 15) is 19.7 Å². The number of hydrogen-bond acceptors (Lipinski definition) is 5. The molecular weight excluding hydrogens is 446 g/mol. The van der Waals surface area contributed by atoms with E-state index in [1.54, 1.807) is 53.3 Å². The van der Waals surface area contributed by atoms with Crippen LogP contribution >= 0.6 is 0 Å². The van der Waals surface area contributed by atoms with Gasteiger partial charge in [-0.15, -0.1) is 0 Å². The Kier molecular flexibility index (Phi) is 6.64. The molecule has 0 fully saturated rings. The fourth-order valence-corrected chi connectivity index (χ4v) is 4.34. The molecule has 35 heavy (non-hydrogen) atoms. The number of fused-ring (bicyclic) bond motifs is 1. The van der Waals surface area contributed by atoms with E-state index < -0.39 is 10.8 Å². The van der Waals surface area contributed by atoms with E-state index in [-0.39, 0.29) is 23.9 Å². The second-order valence-corrected chi connectivity index (χ2v) is 8.11. The fourth-order valence-electron chi connectivity index (χ4n) is 4.34. The lowest BCUT2D eigenvalue weighted by molar-refractivity contribution is -0.384. The normalized spacial score (nSPS) is 14.7. The number of allylic oxidation sites excluding steroid dienone is 1. The lowest BCUT2D eigenvalue weighted by Gasteiger charge is -2.37. The van der Waals surface area contributed by atoms with Gasteiger partial charge in [0.05, 0.1) is 23.6 Å². The maximum Gasteiger partial charge on any atom is 0.269 e. The topological polar surface area (TPSA) is 93.0 Å². The van der Waals surface area contributed by atoms with E-state index >= 15 is 0 Å². The number of para-hydroxylation sites is 1. The number of likely N-dealkylation sites (N-methyl/N-ethyl adjacent to an activating group) is 1. The average molecular weight is 472 g/mol. The summed E-state index contributed by atoms with van der Waals surface area (Å²) in [6, 6.07) is 20.1. The van der Waals surface area contributed by atoms with Gasteiger partial charge < -0.3 is 9.64 Å². The molecule has 0 aliphatic carbocycles. The smallest absolute Gasteiger partial charge is 0.269 e. The van der Waals surface area contributed by atoms with Gasteiger partial charge in [0.15, 0.2) is 0 Å². The van der Waals surface area contributed by atoms with Crippen molar-refractivity contribution < 1.29 is 19.2 Å². The van der Waals surface area contributed by atoms with Gasteiger partial charge in [-0.25, -0.2) is 0 Å². The fraction of sp³-hybridized carbons (Fsp3) is 0.185. The first-order valence-electron chi connectivity index (χ1n) is 11.2. The summed E-state index contributed by atoms with van der Waals surface area (Å²) in [7, 11) is 1.56. The molecular formula is C27H25N3O5. The Balaban J connectivity index is 1.67. The second kappa shape index (κ2) is 9.80. The first-order chi connectivity index (χ1) is 16.8. The van der Waals surface area contributed by atoms with Crippen LogP contribution in [0.1, 0.15) is 35.2 Å². The van der Waals surface area contributed by atoms with Crippen LogP contribution in [0.5, 0.6) is 5.75 Å². The predicted molar refractivity (Wildman–Crippen MR) is 134 cm³/mol. The molecule has 0 N–H and O–H groups in total. The Labute approximate surface area is 203 Å². The molecule has 1 atom stereocenters. The highest BCUT2D eigenvalue weighted by Gasteiger charge is 2.37. The lowest BCUT2D eigenvalue weighted by atomic mass is 9.86. The summed E-state index contributed by atoms with van der Waals surface area (Å²) in [5.41, 5.74) is 2.87. The summed E-state index contributed by atoms with van der Waals surface area (Å²) in [5.74, 6) is -0.296. The molecule has 0 bridgehead atoms. The van der Waals surface area contributed by atoms with Crippen molar-refractivity contribution in [2.45, 2.75) is 19.3 Å². The zero-order valence-corrected chi connectivity index (χ0v) is 19.5. The highest BCUT2D eigenvalue weighted by Crippen LogP contribution is 2.42. The first kappa shape index (κ1) is 23.7. The lowest BCUT2D eigenvalue weighted by Crippen LogP contribution is -2.41. The van der Waals surface area contributed by atoms with Crippen molar-refractivity contribution in [2.75, 3.05) is 23.5 Å². The molecule has 3 aromatic carbocycles. The van der Waals surface area contributed by atoms with Crippen molar-refractivity contribution in [1.29, 1.82) is 0 Å². The zero-order chi connectivity index (χ0) is 25.1. The van der Waals surface area contributed by atoms with Crippen LogP contribution in [0.4, 0.5) is 17.1 Å². The van der Waals surface area contributed by atoms with Crippen LogP contribution in [0.3, 0.4) is 0 Å². The standard InChI is InChI=1S/C27H25N3O5/c1-4-28(20-11-13-21(14-12-20)30(33)34)27(32)24-17-18(2)29(25-8-6-5-7-23(24)25)26(31)19-9-15-22(35-3)16-10-19/h5-16,24H,2,4,17H2,1,3H3/t24-/m0/s1. The average Bonchev–Trinajstić information content (AvgIpc) is 2.88. The van der Waals surface area contributed by atoms with Crippen LogP contribution in [0.15, 0.2) is 85.1 Å². The van der Waals surface area contributed by atoms with E-state index in [0.29, 0.717) is 34.9 Å². The molecule has 8 heteroatoms. The Morgan fingerprint density at radius 2 is 1.74 bits per heavy atom. The van der Waals surface area contributed by atoms with Crippen molar-refractivity contribution in [1.82, 2.24) is 0 Å². The monoisotopic (exact) mass is 471 g/mol. The van der Waals surface area contributed by atoms with Crippen LogP contribution in [-0.2, 0) is 4.79 Å². The molecule has 1 heterocycles. The molecule has 4 rings (SSSR count). The van der Waals surface area contributed by atoms with Crippen LogP contribution < -0.4 is 14.5 Å². The minimum atomic E-state index is -0.547. The largest absolute Gasteiger partial charge is 0.497 e. The minimum absolute atomic E-state index is 0.0404. The Bertz CT molecular complexity index is 1280. The quantitative estimate of drug-likeness (QED) is 0.359. The third-order valence-corrected chi connectivity index (χ3v) is 6.10. The SMILES string of the molecule is C=C1C[C@H](C(=O)N(CC)c2ccc([N+](=O)[O-])cc2)c2ccccc2N1C(=O)c1ccc(OC)cc1. The number of amides is 2. The van der Waals surface area contributed by atoms with Gasteiger partial charge >= 0.3 is 0 Å². The number of carbonyl (C=O) groups is 2. The van der Waals surface area contributed by atoms with Crippen LogP contribution in [0.25, 0.3) is 0 Å². The molecule has 0 radical (unpaired) electrons. The van der Waals surface area contributed by atoms with E-state index in [1.807, 2.05) is 31.2 Å². The first-order valence-corrected chi connectivity index (χ1v) is 11.2. The number of ether oxygens (including phenoxy) is 1. The van der Waals surface area contributed by atoms with Crippen molar-refractivity contribution in [3.63, 3.8) is 0 Å². The number of nitrogens with zero attached hydrogens (tertiary/aromatic N) is 3. The van der Waals surface area contributed by atoms with Crippen molar-refractivity contribution in [3.8, 4) is 5.75 Å². The van der Waals surface area contributed by atoms with Crippen molar-refractivity contribution in [3.05, 3.63) is 106 Å². The summed E-state index contributed by atoms with van der Waals surface area (Å²) in [6.07, 6.45) is 0.265. The van der Waals surface area contributed by atoms with Gasteiger partial charge in [-0.2, -0.15) is 0 Å². The highest BCUT2D eigenvalue weighted by atomic mass is 16.6. The van der Waals surface area contributed by atoms with Crippen LogP contribution in [0, 0.1) is 10.1 Å². The predicted octanol–water partition coefficient (Wildman–Crippen LogP) is 5.30. The second-order valence-electron chi connectivity index (χ2n) is 8.11. The molecule has 1 aliphatic rings. The summed E-state index contributed by atoms with van der Waals surface area (Å²) >= 11 is 0. The van der Waals surface area contributed by atoms with Crippen molar-refractivity contribution >= 4 is 28.9 Å². The maximum absolute atomic E-state index is 13.7. The number of methoxy groups -OCH3 is 1. The molecule has 0 spiro atoms. The van der Waals surface area contributed by atoms with E-state index in [0.717, 1.165) is 5.56 Å². The Hall–Kier alpha value is -4.46. The summed E-state index contributed by atoms with van der Waals surface area (Å²) in [4.78, 5) is 40.8. The molecule has 0 unspecified atom stereocenters. The Morgan fingerprint density at radius 3 is 2.34 bits per heavy atom. The summed E-state index contributed by atoms with van der Waals surface area (Å²) < 4.78 is 5.18.